The highest BCUT2D eigenvalue weighted by atomic mass is 32.2. The molecule has 2 N–H and O–H groups in total. The lowest BCUT2D eigenvalue weighted by atomic mass is 10.0. The van der Waals surface area contributed by atoms with Gasteiger partial charge in [-0.15, -0.1) is 0 Å². The lowest BCUT2D eigenvalue weighted by molar-refractivity contribution is 0.160. The van der Waals surface area contributed by atoms with Gasteiger partial charge in [-0.1, -0.05) is 31.2 Å². The molecule has 0 spiro atoms. The molecule has 1 aliphatic rings. The van der Waals surface area contributed by atoms with Gasteiger partial charge in [-0.3, -0.25) is 0 Å². The normalized spacial score (nSPS) is 27.3. The molecule has 1 aliphatic heterocycles. The zero-order valence-electron chi connectivity index (χ0n) is 11.3. The molecule has 106 valence electrons. The molecule has 1 saturated heterocycles. The van der Waals surface area contributed by atoms with Crippen molar-refractivity contribution in [2.75, 3.05) is 11.5 Å². The van der Waals surface area contributed by atoms with Gasteiger partial charge in [-0.05, 0) is 24.5 Å². The van der Waals surface area contributed by atoms with E-state index in [0.717, 1.165) is 12.0 Å². The Bertz CT molecular complexity index is 524. The number of hydrogen-bond acceptors (Lipinski definition) is 4. The number of sulfone groups is 1. The van der Waals surface area contributed by atoms with E-state index in [1.165, 1.54) is 5.56 Å². The van der Waals surface area contributed by atoms with E-state index >= 15 is 0 Å². The minimum absolute atomic E-state index is 0.0194. The molecule has 2 rings (SSSR count). The lowest BCUT2D eigenvalue weighted by Gasteiger charge is -2.21. The molecule has 19 heavy (non-hydrogen) atoms. The zero-order valence-corrected chi connectivity index (χ0v) is 12.2. The third kappa shape index (κ3) is 3.55. The number of benzene rings is 1. The minimum Gasteiger partial charge on any atom is -0.390 e. The van der Waals surface area contributed by atoms with Crippen LogP contribution in [0.3, 0.4) is 0 Å². The Labute approximate surface area is 114 Å². The van der Waals surface area contributed by atoms with Crippen molar-refractivity contribution in [3.63, 3.8) is 0 Å². The maximum Gasteiger partial charge on any atom is 0.154 e. The maximum atomic E-state index is 11.5. The Morgan fingerprint density at radius 3 is 2.42 bits per heavy atom. The zero-order chi connectivity index (χ0) is 14.0. The molecular weight excluding hydrogens is 262 g/mol. The number of rotatable bonds is 4. The Morgan fingerprint density at radius 2 is 1.95 bits per heavy atom. The summed E-state index contributed by atoms with van der Waals surface area (Å²) in [6.45, 7) is 4.09. The van der Waals surface area contributed by atoms with Crippen LogP contribution in [0.2, 0.25) is 0 Å². The summed E-state index contributed by atoms with van der Waals surface area (Å²) in [6.07, 6.45) is 0.198. The number of aryl methyl sites for hydroxylation is 1. The van der Waals surface area contributed by atoms with E-state index in [1.54, 1.807) is 0 Å². The summed E-state index contributed by atoms with van der Waals surface area (Å²) in [5.74, 6) is -0.113. The van der Waals surface area contributed by atoms with Gasteiger partial charge >= 0.3 is 0 Å². The van der Waals surface area contributed by atoms with E-state index in [9.17, 15) is 13.5 Å². The second-order valence-electron chi connectivity index (χ2n) is 5.23. The average Bonchev–Trinajstić information content (AvgIpc) is 2.62. The Hall–Kier alpha value is -0.910. The highest BCUT2D eigenvalue weighted by Gasteiger charge is 2.36. The summed E-state index contributed by atoms with van der Waals surface area (Å²) < 4.78 is 22.9. The Kier molecular flexibility index (Phi) is 4.28. The van der Waals surface area contributed by atoms with Crippen LogP contribution in [0.1, 0.15) is 31.0 Å². The summed E-state index contributed by atoms with van der Waals surface area (Å²) in [4.78, 5) is 0. The summed E-state index contributed by atoms with van der Waals surface area (Å²) in [6, 6.07) is 7.91. The molecule has 3 unspecified atom stereocenters. The van der Waals surface area contributed by atoms with Crippen molar-refractivity contribution in [3.05, 3.63) is 35.4 Å². The fraction of sp³-hybridized carbons (Fsp3) is 0.571. The maximum absolute atomic E-state index is 11.5. The van der Waals surface area contributed by atoms with Crippen LogP contribution >= 0.6 is 0 Å². The van der Waals surface area contributed by atoms with Gasteiger partial charge in [-0.2, -0.15) is 0 Å². The lowest BCUT2D eigenvalue weighted by Crippen LogP contribution is -2.40. The van der Waals surface area contributed by atoms with Crippen LogP contribution in [0.25, 0.3) is 0 Å². The smallest absolute Gasteiger partial charge is 0.154 e. The van der Waals surface area contributed by atoms with Gasteiger partial charge in [0, 0.05) is 12.1 Å². The monoisotopic (exact) mass is 283 g/mol. The first-order chi connectivity index (χ1) is 8.91. The fourth-order valence-electron chi connectivity index (χ4n) is 2.45. The van der Waals surface area contributed by atoms with Crippen LogP contribution in [-0.2, 0) is 16.3 Å². The van der Waals surface area contributed by atoms with E-state index < -0.39 is 15.9 Å². The summed E-state index contributed by atoms with van der Waals surface area (Å²) in [5, 5.41) is 13.0. The van der Waals surface area contributed by atoms with Crippen LogP contribution in [0.4, 0.5) is 0 Å². The second-order valence-corrected chi connectivity index (χ2v) is 7.39. The number of aliphatic hydroxyl groups is 1. The van der Waals surface area contributed by atoms with Crippen molar-refractivity contribution in [2.24, 2.45) is 0 Å². The molecule has 0 aromatic heterocycles. The predicted octanol–water partition coefficient (Wildman–Crippen LogP) is 1.06. The van der Waals surface area contributed by atoms with Crippen LogP contribution in [-0.4, -0.2) is 37.2 Å². The molecular formula is C14H21NO3S. The fourth-order valence-corrected chi connectivity index (χ4v) is 4.20. The van der Waals surface area contributed by atoms with E-state index in [2.05, 4.69) is 24.4 Å². The molecule has 4 nitrogen and oxygen atoms in total. The van der Waals surface area contributed by atoms with Crippen molar-refractivity contribution >= 4 is 9.84 Å². The first-order valence-electron chi connectivity index (χ1n) is 6.64. The molecule has 5 heteroatoms. The molecule has 0 bridgehead atoms. The number of aliphatic hydroxyl groups excluding tert-OH is 1. The van der Waals surface area contributed by atoms with Crippen LogP contribution < -0.4 is 5.32 Å². The van der Waals surface area contributed by atoms with Crippen molar-refractivity contribution in [3.8, 4) is 0 Å². The summed E-state index contributed by atoms with van der Waals surface area (Å²) in [7, 11) is -3.10. The average molecular weight is 283 g/mol. The molecule has 1 heterocycles. The van der Waals surface area contributed by atoms with Gasteiger partial charge in [0.05, 0.1) is 17.6 Å². The van der Waals surface area contributed by atoms with Crippen molar-refractivity contribution in [2.45, 2.75) is 38.5 Å². The molecule has 0 saturated carbocycles. The van der Waals surface area contributed by atoms with Gasteiger partial charge in [0.1, 0.15) is 0 Å². The number of hydrogen-bond donors (Lipinski definition) is 2. The minimum atomic E-state index is -3.10. The van der Waals surface area contributed by atoms with Crippen molar-refractivity contribution in [1.29, 1.82) is 0 Å². The molecule has 1 aromatic rings. The predicted molar refractivity (Wildman–Crippen MR) is 75.8 cm³/mol. The molecule has 3 atom stereocenters. The molecule has 0 radical (unpaired) electrons. The van der Waals surface area contributed by atoms with Gasteiger partial charge in [0.15, 0.2) is 9.84 Å². The molecule has 0 aliphatic carbocycles. The SMILES string of the molecule is CCc1ccc(C(C)NC2CS(=O)(=O)CC2O)cc1. The van der Waals surface area contributed by atoms with Gasteiger partial charge in [0.2, 0.25) is 0 Å². The first-order valence-corrected chi connectivity index (χ1v) is 8.47. The van der Waals surface area contributed by atoms with Crippen LogP contribution in [0.15, 0.2) is 24.3 Å². The highest BCUT2D eigenvalue weighted by molar-refractivity contribution is 7.91. The topological polar surface area (TPSA) is 66.4 Å². The first kappa shape index (κ1) is 14.5. The standard InChI is InChI=1S/C14H21NO3S/c1-3-11-4-6-12(7-5-11)10(2)15-13-8-19(17,18)9-14(13)16/h4-7,10,13-16H,3,8-9H2,1-2H3. The molecule has 1 aromatic carbocycles. The van der Waals surface area contributed by atoms with Gasteiger partial charge in [-0.25, -0.2) is 8.42 Å². The highest BCUT2D eigenvalue weighted by Crippen LogP contribution is 2.19. The molecule has 1 fully saturated rings. The van der Waals surface area contributed by atoms with E-state index in [1.807, 2.05) is 19.1 Å². The van der Waals surface area contributed by atoms with Gasteiger partial charge < -0.3 is 10.4 Å². The van der Waals surface area contributed by atoms with Gasteiger partial charge in [0.25, 0.3) is 0 Å². The Balaban J connectivity index is 2.02. The van der Waals surface area contributed by atoms with E-state index in [0.29, 0.717) is 0 Å². The third-order valence-corrected chi connectivity index (χ3v) is 5.39. The van der Waals surface area contributed by atoms with Crippen molar-refractivity contribution < 1.29 is 13.5 Å². The summed E-state index contributed by atoms with van der Waals surface area (Å²) >= 11 is 0. The Morgan fingerprint density at radius 1 is 1.32 bits per heavy atom. The third-order valence-electron chi connectivity index (χ3n) is 3.67. The second kappa shape index (κ2) is 5.61. The molecule has 0 amide bonds. The van der Waals surface area contributed by atoms with E-state index in [4.69, 9.17) is 0 Å². The summed E-state index contributed by atoms with van der Waals surface area (Å²) in [5.41, 5.74) is 2.38. The number of nitrogens with one attached hydrogen (secondary N) is 1. The van der Waals surface area contributed by atoms with Crippen molar-refractivity contribution in [1.82, 2.24) is 5.32 Å². The largest absolute Gasteiger partial charge is 0.390 e. The van der Waals surface area contributed by atoms with Crippen LogP contribution in [0.5, 0.6) is 0 Å². The van der Waals surface area contributed by atoms with Crippen LogP contribution in [0, 0.1) is 0 Å². The quantitative estimate of drug-likeness (QED) is 0.867. The van der Waals surface area contributed by atoms with E-state index in [-0.39, 0.29) is 23.6 Å².